The van der Waals surface area contributed by atoms with Crippen LogP contribution in [0.2, 0.25) is 0 Å². The number of amides is 1. The average Bonchev–Trinajstić information content (AvgIpc) is 3.23. The number of thiazole rings is 1. The molecule has 1 amide bonds. The number of nitro groups is 1. The molecule has 0 aliphatic carbocycles. The highest BCUT2D eigenvalue weighted by Gasteiger charge is 2.21. The molecule has 0 saturated carbocycles. The number of nitrogens with one attached hydrogen (secondary N) is 1. The maximum absolute atomic E-state index is 13.1. The lowest BCUT2D eigenvalue weighted by molar-refractivity contribution is -0.384. The molecule has 0 radical (unpaired) electrons. The number of hydrogen-bond acceptors (Lipinski definition) is 8. The molecule has 0 atom stereocenters. The normalized spacial score (nSPS) is 11.0. The number of nitrogens with zero attached hydrogens (tertiary/aromatic N) is 3. The number of ether oxygens (including phenoxy) is 1. The summed E-state index contributed by atoms with van der Waals surface area (Å²) < 4.78 is 5.95. The summed E-state index contributed by atoms with van der Waals surface area (Å²) in [6.07, 6.45) is 2.24. The van der Waals surface area contributed by atoms with Crippen LogP contribution in [0.3, 0.4) is 0 Å². The number of para-hydroxylation sites is 1. The van der Waals surface area contributed by atoms with Gasteiger partial charge in [0.05, 0.1) is 26.2 Å². The second-order valence-electron chi connectivity index (χ2n) is 7.59. The molecule has 0 fully saturated rings. The SMILES string of the molecule is CCCc1nc2ccccc2c(C(=O)OCC(=O)Nc2nc3ccc([N+](=O)[O-])cc3s2)c1CC. The molecule has 0 bridgehead atoms. The van der Waals surface area contributed by atoms with Crippen LogP contribution in [-0.2, 0) is 22.4 Å². The van der Waals surface area contributed by atoms with E-state index in [-0.39, 0.29) is 10.8 Å². The average molecular weight is 479 g/mol. The van der Waals surface area contributed by atoms with Crippen LogP contribution in [0.4, 0.5) is 10.8 Å². The Labute approximate surface area is 198 Å². The standard InChI is InChI=1S/C24H22N4O5S/c1-3-7-17-15(4-2)22(16-8-5-6-9-18(16)25-17)23(30)33-13-21(29)27-24-26-19-11-10-14(28(31)32)12-20(19)34-24/h5-6,8-12H,3-4,7,13H2,1-2H3,(H,26,27,29). The first-order chi connectivity index (χ1) is 16.4. The fourth-order valence-electron chi connectivity index (χ4n) is 3.80. The van der Waals surface area contributed by atoms with Gasteiger partial charge in [-0.2, -0.15) is 0 Å². The third kappa shape index (κ3) is 4.72. The summed E-state index contributed by atoms with van der Waals surface area (Å²) in [7, 11) is 0. The van der Waals surface area contributed by atoms with Gasteiger partial charge in [0.1, 0.15) is 0 Å². The number of anilines is 1. The maximum atomic E-state index is 13.1. The summed E-state index contributed by atoms with van der Waals surface area (Å²) in [5.74, 6) is -1.13. The summed E-state index contributed by atoms with van der Waals surface area (Å²) in [6, 6.07) is 11.7. The van der Waals surface area contributed by atoms with Gasteiger partial charge >= 0.3 is 5.97 Å². The van der Waals surface area contributed by atoms with Crippen LogP contribution in [0.5, 0.6) is 0 Å². The smallest absolute Gasteiger partial charge is 0.339 e. The topological polar surface area (TPSA) is 124 Å². The van der Waals surface area contributed by atoms with Gasteiger partial charge in [0.25, 0.3) is 11.6 Å². The number of pyridine rings is 1. The molecule has 2 aromatic carbocycles. The van der Waals surface area contributed by atoms with Crippen molar-refractivity contribution in [3.63, 3.8) is 0 Å². The molecule has 2 heterocycles. The number of esters is 1. The molecule has 174 valence electrons. The van der Waals surface area contributed by atoms with E-state index in [1.165, 1.54) is 18.2 Å². The van der Waals surface area contributed by atoms with Crippen LogP contribution < -0.4 is 5.32 Å². The monoisotopic (exact) mass is 478 g/mol. The minimum Gasteiger partial charge on any atom is -0.452 e. The number of carbonyl (C=O) groups excluding carboxylic acids is 2. The van der Waals surface area contributed by atoms with E-state index in [4.69, 9.17) is 9.72 Å². The molecule has 10 heteroatoms. The second kappa shape index (κ2) is 9.92. The van der Waals surface area contributed by atoms with Gasteiger partial charge < -0.3 is 4.74 Å². The third-order valence-electron chi connectivity index (χ3n) is 5.29. The molecule has 34 heavy (non-hydrogen) atoms. The fraction of sp³-hybridized carbons (Fsp3) is 0.250. The van der Waals surface area contributed by atoms with Crippen LogP contribution >= 0.6 is 11.3 Å². The van der Waals surface area contributed by atoms with E-state index in [0.717, 1.165) is 35.4 Å². The van der Waals surface area contributed by atoms with Crippen molar-refractivity contribution in [3.8, 4) is 0 Å². The summed E-state index contributed by atoms with van der Waals surface area (Å²) in [5.41, 5.74) is 3.33. The van der Waals surface area contributed by atoms with E-state index in [2.05, 4.69) is 17.2 Å². The number of non-ortho nitro benzene ring substituents is 1. The highest BCUT2D eigenvalue weighted by molar-refractivity contribution is 7.22. The number of nitro benzene ring substituents is 1. The number of rotatable bonds is 8. The number of fused-ring (bicyclic) bond motifs is 2. The van der Waals surface area contributed by atoms with E-state index < -0.39 is 23.4 Å². The van der Waals surface area contributed by atoms with Crippen molar-refractivity contribution in [1.29, 1.82) is 0 Å². The van der Waals surface area contributed by atoms with Crippen LogP contribution in [0.15, 0.2) is 42.5 Å². The number of aromatic nitrogens is 2. The van der Waals surface area contributed by atoms with E-state index in [0.29, 0.717) is 33.1 Å². The van der Waals surface area contributed by atoms with Crippen molar-refractivity contribution in [2.45, 2.75) is 33.1 Å². The van der Waals surface area contributed by atoms with Gasteiger partial charge in [0.15, 0.2) is 11.7 Å². The first-order valence-corrected chi connectivity index (χ1v) is 11.6. The Morgan fingerprint density at radius 1 is 1.12 bits per heavy atom. The summed E-state index contributed by atoms with van der Waals surface area (Å²) >= 11 is 1.11. The summed E-state index contributed by atoms with van der Waals surface area (Å²) in [6.45, 7) is 3.53. The minimum absolute atomic E-state index is 0.0540. The van der Waals surface area contributed by atoms with Crippen molar-refractivity contribution in [2.24, 2.45) is 0 Å². The number of benzene rings is 2. The Balaban J connectivity index is 1.52. The van der Waals surface area contributed by atoms with Crippen molar-refractivity contribution in [3.05, 3.63) is 69.4 Å². The lowest BCUT2D eigenvalue weighted by Crippen LogP contribution is -2.22. The lowest BCUT2D eigenvalue weighted by Gasteiger charge is -2.15. The van der Waals surface area contributed by atoms with E-state index in [1.807, 2.05) is 31.2 Å². The van der Waals surface area contributed by atoms with Crippen LogP contribution in [0.1, 0.15) is 41.9 Å². The van der Waals surface area contributed by atoms with Gasteiger partial charge in [-0.05, 0) is 30.5 Å². The quantitative estimate of drug-likeness (QED) is 0.213. The molecule has 4 aromatic rings. The van der Waals surface area contributed by atoms with Crippen LogP contribution in [0.25, 0.3) is 21.1 Å². The molecular formula is C24H22N4O5S. The number of carbonyl (C=O) groups is 2. The summed E-state index contributed by atoms with van der Waals surface area (Å²) in [4.78, 5) is 45.0. The molecule has 0 spiro atoms. The molecule has 2 aromatic heterocycles. The molecule has 0 saturated heterocycles. The molecule has 0 aliphatic rings. The van der Waals surface area contributed by atoms with Crippen molar-refractivity contribution in [1.82, 2.24) is 9.97 Å². The minimum atomic E-state index is -0.581. The number of aryl methyl sites for hydroxylation is 1. The van der Waals surface area contributed by atoms with Crippen molar-refractivity contribution >= 4 is 55.2 Å². The molecule has 0 aliphatic heterocycles. The molecule has 4 rings (SSSR count). The first kappa shape index (κ1) is 23.2. The molecule has 0 unspecified atom stereocenters. The highest BCUT2D eigenvalue weighted by Crippen LogP contribution is 2.29. The van der Waals surface area contributed by atoms with E-state index in [1.54, 1.807) is 0 Å². The van der Waals surface area contributed by atoms with Gasteiger partial charge in [-0.25, -0.2) is 9.78 Å². The first-order valence-electron chi connectivity index (χ1n) is 10.8. The van der Waals surface area contributed by atoms with Gasteiger partial charge in [0.2, 0.25) is 0 Å². The van der Waals surface area contributed by atoms with Gasteiger partial charge in [0, 0.05) is 23.2 Å². The van der Waals surface area contributed by atoms with Gasteiger partial charge in [-0.15, -0.1) is 0 Å². The number of hydrogen-bond donors (Lipinski definition) is 1. The second-order valence-corrected chi connectivity index (χ2v) is 8.62. The van der Waals surface area contributed by atoms with E-state index >= 15 is 0 Å². The fourth-order valence-corrected chi connectivity index (χ4v) is 4.71. The zero-order chi connectivity index (χ0) is 24.2. The largest absolute Gasteiger partial charge is 0.452 e. The Hall–Kier alpha value is -3.92. The van der Waals surface area contributed by atoms with Gasteiger partial charge in [-0.1, -0.05) is 49.8 Å². The maximum Gasteiger partial charge on any atom is 0.339 e. The predicted octanol–water partition coefficient (Wildman–Crippen LogP) is 5.06. The highest BCUT2D eigenvalue weighted by atomic mass is 32.1. The Kier molecular flexibility index (Phi) is 6.78. The Morgan fingerprint density at radius 3 is 2.65 bits per heavy atom. The zero-order valence-corrected chi connectivity index (χ0v) is 19.5. The Morgan fingerprint density at radius 2 is 1.91 bits per heavy atom. The van der Waals surface area contributed by atoms with Crippen molar-refractivity contribution in [2.75, 3.05) is 11.9 Å². The van der Waals surface area contributed by atoms with E-state index in [9.17, 15) is 19.7 Å². The third-order valence-corrected chi connectivity index (χ3v) is 6.22. The van der Waals surface area contributed by atoms with Gasteiger partial charge in [-0.3, -0.25) is 25.2 Å². The zero-order valence-electron chi connectivity index (χ0n) is 18.7. The Bertz CT molecular complexity index is 1420. The lowest BCUT2D eigenvalue weighted by atomic mass is 9.96. The molecular weight excluding hydrogens is 456 g/mol. The molecule has 9 nitrogen and oxygen atoms in total. The summed E-state index contributed by atoms with van der Waals surface area (Å²) in [5, 5.41) is 14.5. The predicted molar refractivity (Wildman–Crippen MR) is 130 cm³/mol. The van der Waals surface area contributed by atoms with Crippen LogP contribution in [-0.4, -0.2) is 33.4 Å². The van der Waals surface area contributed by atoms with Crippen molar-refractivity contribution < 1.29 is 19.2 Å². The van der Waals surface area contributed by atoms with Crippen LogP contribution in [0, 0.1) is 10.1 Å². The molecule has 1 N–H and O–H groups in total.